The van der Waals surface area contributed by atoms with Crippen LogP contribution in [0.3, 0.4) is 0 Å². The van der Waals surface area contributed by atoms with E-state index < -0.39 is 0 Å². The Kier molecular flexibility index (Phi) is 6.37. The Morgan fingerprint density at radius 1 is 1.03 bits per heavy atom. The van der Waals surface area contributed by atoms with Crippen LogP contribution in [-0.2, 0) is 16.0 Å². The number of carbonyl (C=O) groups is 2. The molecule has 4 rings (SSSR count). The van der Waals surface area contributed by atoms with Crippen molar-refractivity contribution in [2.75, 3.05) is 38.0 Å². The molecule has 3 aromatic rings. The number of hydrogen-bond donors (Lipinski definition) is 3. The molecule has 1 saturated heterocycles. The maximum Gasteiger partial charge on any atom is 0.279 e. The van der Waals surface area contributed by atoms with Crippen LogP contribution in [0.15, 0.2) is 48.7 Å². The van der Waals surface area contributed by atoms with Gasteiger partial charge in [0.25, 0.3) is 5.91 Å². The number of piperazine rings is 1. The molecule has 2 amide bonds. The number of nitrogens with zero attached hydrogens (tertiary/aromatic N) is 1. The van der Waals surface area contributed by atoms with Gasteiger partial charge in [-0.25, -0.2) is 0 Å². The van der Waals surface area contributed by atoms with Crippen LogP contribution in [0.1, 0.15) is 23.1 Å². The van der Waals surface area contributed by atoms with Crippen molar-refractivity contribution in [3.8, 4) is 0 Å². The fraction of sp³-hybridized carbons (Fsp3) is 0.360. The molecule has 162 valence electrons. The molecule has 2 heterocycles. The highest BCUT2D eigenvalue weighted by Gasteiger charge is 2.25. The molecular weight excluding hydrogens is 388 g/mol. The number of anilines is 1. The number of nitrogens with one attached hydrogen (secondary N) is 3. The first-order valence-corrected chi connectivity index (χ1v) is 11.0. The van der Waals surface area contributed by atoms with E-state index in [1.807, 2.05) is 55.3 Å². The number of aromatic amines is 1. The first-order valence-electron chi connectivity index (χ1n) is 11.0. The number of H-pyrrole nitrogens is 1. The minimum absolute atomic E-state index is 0.0338. The number of para-hydroxylation sites is 2. The first kappa shape index (κ1) is 21.1. The average molecular weight is 420 g/mol. The average Bonchev–Trinajstić information content (AvgIpc) is 3.18. The predicted molar refractivity (Wildman–Crippen MR) is 123 cm³/mol. The summed E-state index contributed by atoms with van der Waals surface area (Å²) in [5.74, 6) is 0.232. The van der Waals surface area contributed by atoms with Crippen molar-refractivity contribution in [3.63, 3.8) is 0 Å². The monoisotopic (exact) mass is 419 g/mol. The molecule has 1 fully saturated rings. The van der Waals surface area contributed by atoms with Crippen molar-refractivity contribution in [1.29, 1.82) is 0 Å². The van der Waals surface area contributed by atoms with Gasteiger partial charge in [0.15, 0.2) is 6.54 Å². The lowest BCUT2D eigenvalue weighted by Gasteiger charge is -2.32. The molecule has 0 bridgehead atoms. The second-order valence-corrected chi connectivity index (χ2v) is 8.48. The first-order chi connectivity index (χ1) is 15.0. The summed E-state index contributed by atoms with van der Waals surface area (Å²) in [7, 11) is 0. The van der Waals surface area contributed by atoms with E-state index in [-0.39, 0.29) is 11.8 Å². The number of carbonyl (C=O) groups excluding carboxylic acids is 2. The Bertz CT molecular complexity index is 1060. The van der Waals surface area contributed by atoms with Gasteiger partial charge in [0.05, 0.1) is 26.2 Å². The highest BCUT2D eigenvalue weighted by Crippen LogP contribution is 2.20. The SMILES string of the molecule is Cc1cccc(C)c1NC(=O)C[NH+]1CCN(C(=O)CCc2c[nH]c3ccccc23)CC1. The van der Waals surface area contributed by atoms with Crippen molar-refractivity contribution >= 4 is 28.4 Å². The lowest BCUT2D eigenvalue weighted by Crippen LogP contribution is -3.15. The molecule has 0 spiro atoms. The van der Waals surface area contributed by atoms with Gasteiger partial charge in [-0.05, 0) is 43.0 Å². The van der Waals surface area contributed by atoms with Gasteiger partial charge in [-0.2, -0.15) is 0 Å². The van der Waals surface area contributed by atoms with Crippen LogP contribution in [0.25, 0.3) is 10.9 Å². The standard InChI is InChI=1S/C25H30N4O2/c1-18-6-5-7-19(2)25(18)27-23(30)17-28-12-14-29(15-13-28)24(31)11-10-20-16-26-22-9-4-3-8-21(20)22/h3-9,16,26H,10-15,17H2,1-2H3,(H,27,30)/p+1. The zero-order valence-electron chi connectivity index (χ0n) is 18.3. The van der Waals surface area contributed by atoms with Crippen molar-refractivity contribution in [1.82, 2.24) is 9.88 Å². The summed E-state index contributed by atoms with van der Waals surface area (Å²) in [6.45, 7) is 7.48. The van der Waals surface area contributed by atoms with Gasteiger partial charge >= 0.3 is 0 Å². The zero-order chi connectivity index (χ0) is 21.8. The van der Waals surface area contributed by atoms with Crippen LogP contribution >= 0.6 is 0 Å². The Morgan fingerprint density at radius 2 is 1.74 bits per heavy atom. The zero-order valence-corrected chi connectivity index (χ0v) is 18.3. The lowest BCUT2D eigenvalue weighted by molar-refractivity contribution is -0.895. The lowest BCUT2D eigenvalue weighted by atomic mass is 10.1. The molecular formula is C25H31N4O2+. The number of quaternary nitrogens is 1. The molecule has 1 aliphatic heterocycles. The largest absolute Gasteiger partial charge is 0.361 e. The molecule has 1 aliphatic rings. The minimum Gasteiger partial charge on any atom is -0.361 e. The Balaban J connectivity index is 1.23. The van der Waals surface area contributed by atoms with Gasteiger partial charge < -0.3 is 20.1 Å². The Morgan fingerprint density at radius 3 is 2.48 bits per heavy atom. The quantitative estimate of drug-likeness (QED) is 0.573. The third kappa shape index (κ3) is 4.97. The van der Waals surface area contributed by atoms with Crippen LogP contribution < -0.4 is 10.2 Å². The summed E-state index contributed by atoms with van der Waals surface area (Å²) in [5, 5.41) is 4.26. The predicted octanol–water partition coefficient (Wildman–Crippen LogP) is 2.08. The van der Waals surface area contributed by atoms with Crippen LogP contribution in [0.5, 0.6) is 0 Å². The molecule has 0 saturated carbocycles. The second kappa shape index (κ2) is 9.35. The molecule has 0 radical (unpaired) electrons. The number of fused-ring (bicyclic) bond motifs is 1. The van der Waals surface area contributed by atoms with Gasteiger partial charge in [-0.3, -0.25) is 9.59 Å². The number of rotatable bonds is 6. The van der Waals surface area contributed by atoms with E-state index >= 15 is 0 Å². The number of aromatic nitrogens is 1. The van der Waals surface area contributed by atoms with E-state index in [0.29, 0.717) is 26.1 Å². The van der Waals surface area contributed by atoms with Gasteiger partial charge in [0, 0.05) is 29.2 Å². The van der Waals surface area contributed by atoms with Crippen LogP contribution in [0.2, 0.25) is 0 Å². The maximum absolute atomic E-state index is 12.7. The maximum atomic E-state index is 12.7. The summed E-state index contributed by atoms with van der Waals surface area (Å²) >= 11 is 0. The highest BCUT2D eigenvalue weighted by atomic mass is 16.2. The van der Waals surface area contributed by atoms with E-state index in [1.165, 1.54) is 15.8 Å². The summed E-state index contributed by atoms with van der Waals surface area (Å²) in [4.78, 5) is 31.7. The molecule has 0 atom stereocenters. The summed E-state index contributed by atoms with van der Waals surface area (Å²) < 4.78 is 0. The van der Waals surface area contributed by atoms with Gasteiger partial charge in [-0.1, -0.05) is 36.4 Å². The summed E-state index contributed by atoms with van der Waals surface area (Å²) in [6, 6.07) is 14.2. The summed E-state index contributed by atoms with van der Waals surface area (Å²) in [6.07, 6.45) is 3.27. The molecule has 6 nitrogen and oxygen atoms in total. The fourth-order valence-electron chi connectivity index (χ4n) is 4.41. The molecule has 1 aromatic heterocycles. The Hall–Kier alpha value is -3.12. The van der Waals surface area contributed by atoms with Crippen molar-refractivity contribution in [2.24, 2.45) is 0 Å². The molecule has 31 heavy (non-hydrogen) atoms. The van der Waals surface area contributed by atoms with Crippen LogP contribution in [0.4, 0.5) is 5.69 Å². The second-order valence-electron chi connectivity index (χ2n) is 8.48. The highest BCUT2D eigenvalue weighted by molar-refractivity contribution is 5.93. The van der Waals surface area contributed by atoms with Crippen molar-refractivity contribution < 1.29 is 14.5 Å². The summed E-state index contributed by atoms with van der Waals surface area (Å²) in [5.41, 5.74) is 5.37. The molecule has 6 heteroatoms. The van der Waals surface area contributed by atoms with Gasteiger partial charge in [-0.15, -0.1) is 0 Å². The van der Waals surface area contributed by atoms with Gasteiger partial charge in [0.1, 0.15) is 0 Å². The molecule has 3 N–H and O–H groups in total. The van der Waals surface area contributed by atoms with Crippen molar-refractivity contribution in [2.45, 2.75) is 26.7 Å². The molecule has 2 aromatic carbocycles. The topological polar surface area (TPSA) is 69.6 Å². The molecule has 0 aliphatic carbocycles. The van der Waals surface area contributed by atoms with E-state index in [9.17, 15) is 9.59 Å². The number of aryl methyl sites for hydroxylation is 3. The van der Waals surface area contributed by atoms with Crippen LogP contribution in [0, 0.1) is 13.8 Å². The van der Waals surface area contributed by atoms with Crippen LogP contribution in [-0.4, -0.2) is 54.4 Å². The van der Waals surface area contributed by atoms with E-state index in [2.05, 4.69) is 22.4 Å². The van der Waals surface area contributed by atoms with Gasteiger partial charge in [0.2, 0.25) is 5.91 Å². The Labute approximate surface area is 183 Å². The minimum atomic E-state index is 0.0338. The number of benzene rings is 2. The smallest absolute Gasteiger partial charge is 0.279 e. The van der Waals surface area contributed by atoms with E-state index in [0.717, 1.165) is 41.8 Å². The van der Waals surface area contributed by atoms with E-state index in [4.69, 9.17) is 0 Å². The van der Waals surface area contributed by atoms with Crippen molar-refractivity contribution in [3.05, 3.63) is 65.4 Å². The van der Waals surface area contributed by atoms with E-state index in [1.54, 1.807) is 0 Å². The number of hydrogen-bond acceptors (Lipinski definition) is 2. The third-order valence-corrected chi connectivity index (χ3v) is 6.26. The fourth-order valence-corrected chi connectivity index (χ4v) is 4.41. The molecule has 0 unspecified atom stereocenters. The normalized spacial score (nSPS) is 14.7. The number of amides is 2. The third-order valence-electron chi connectivity index (χ3n) is 6.26.